The van der Waals surface area contributed by atoms with Crippen molar-refractivity contribution in [3.05, 3.63) is 103 Å². The highest BCUT2D eigenvalue weighted by Crippen LogP contribution is 2.34. The average Bonchev–Trinajstić information content (AvgIpc) is 3.39. The normalized spacial score (nSPS) is 12.1. The Balaban J connectivity index is 1.58. The fourth-order valence-corrected chi connectivity index (χ4v) is 5.18. The second kappa shape index (κ2) is 13.7. The molecule has 0 saturated heterocycles. The van der Waals surface area contributed by atoms with Crippen molar-refractivity contribution in [3.8, 4) is 11.1 Å². The molecule has 0 unspecified atom stereocenters. The van der Waals surface area contributed by atoms with E-state index >= 15 is 0 Å². The SMILES string of the molecule is C=C/C(=C\C)n1nc(C(C)(C)C)cc1NC(=C)Nc1ccc(-c2ccc(CN(CCC)CCC)nc2)c2ccccc12. The van der Waals surface area contributed by atoms with Gasteiger partial charge in [0, 0.05) is 40.9 Å². The van der Waals surface area contributed by atoms with Gasteiger partial charge >= 0.3 is 0 Å². The fraction of sp³-hybridized carbons (Fsp3) is 0.333. The summed E-state index contributed by atoms with van der Waals surface area (Å²) < 4.78 is 1.88. The third-order valence-corrected chi connectivity index (χ3v) is 7.32. The van der Waals surface area contributed by atoms with Crippen molar-refractivity contribution in [3.63, 3.8) is 0 Å². The van der Waals surface area contributed by atoms with Gasteiger partial charge in [-0.3, -0.25) is 9.88 Å². The first-order valence-electron chi connectivity index (χ1n) is 15.0. The van der Waals surface area contributed by atoms with Crippen molar-refractivity contribution >= 4 is 28.0 Å². The van der Waals surface area contributed by atoms with Crippen LogP contribution < -0.4 is 10.6 Å². The molecule has 2 heterocycles. The fourth-order valence-electron chi connectivity index (χ4n) is 5.18. The minimum absolute atomic E-state index is 0.0973. The largest absolute Gasteiger partial charge is 0.342 e. The molecule has 220 valence electrons. The quantitative estimate of drug-likeness (QED) is 0.159. The van der Waals surface area contributed by atoms with Gasteiger partial charge in [-0.2, -0.15) is 5.10 Å². The second-order valence-corrected chi connectivity index (χ2v) is 11.7. The zero-order valence-electron chi connectivity index (χ0n) is 26.2. The van der Waals surface area contributed by atoms with E-state index in [-0.39, 0.29) is 5.41 Å². The zero-order valence-corrected chi connectivity index (χ0v) is 26.2. The molecule has 6 nitrogen and oxygen atoms in total. The molecule has 2 aromatic carbocycles. The van der Waals surface area contributed by atoms with E-state index in [4.69, 9.17) is 10.1 Å². The third kappa shape index (κ3) is 7.18. The average molecular weight is 563 g/mol. The summed E-state index contributed by atoms with van der Waals surface area (Å²) >= 11 is 0. The Bertz CT molecular complexity index is 1550. The molecule has 0 saturated carbocycles. The van der Waals surface area contributed by atoms with Crippen LogP contribution in [0.5, 0.6) is 0 Å². The molecule has 2 aromatic heterocycles. The van der Waals surface area contributed by atoms with Crippen LogP contribution in [0.15, 0.2) is 91.9 Å². The van der Waals surface area contributed by atoms with Gasteiger partial charge < -0.3 is 10.6 Å². The van der Waals surface area contributed by atoms with E-state index in [2.05, 4.69) is 118 Å². The number of rotatable bonds is 13. The van der Waals surface area contributed by atoms with Gasteiger partial charge in [-0.1, -0.05) is 90.3 Å². The number of aromatic nitrogens is 3. The van der Waals surface area contributed by atoms with Gasteiger partial charge in [0.05, 0.1) is 17.1 Å². The van der Waals surface area contributed by atoms with Gasteiger partial charge in [0.25, 0.3) is 0 Å². The molecular weight excluding hydrogens is 516 g/mol. The van der Waals surface area contributed by atoms with E-state index < -0.39 is 0 Å². The molecular formula is C36H46N6. The summed E-state index contributed by atoms with van der Waals surface area (Å²) in [6, 6.07) is 19.2. The van der Waals surface area contributed by atoms with Crippen LogP contribution in [0.2, 0.25) is 0 Å². The second-order valence-electron chi connectivity index (χ2n) is 11.7. The Morgan fingerprint density at radius 2 is 1.69 bits per heavy atom. The predicted octanol–water partition coefficient (Wildman–Crippen LogP) is 9.06. The number of benzene rings is 2. The standard InChI is InChI=1S/C36H46N6/c1-9-21-41(22-10-2)25-28-18-17-27(24-37-28)30-19-20-33(32-16-14-13-15-31(30)32)38-26(5)39-35-23-34(36(6,7)8)40-42(35)29(11-3)12-4/h11-20,23-24,38-39H,3,5,9-10,21-22,25H2,1-2,4,6-8H3/b29-12+. The molecule has 0 aliphatic carbocycles. The maximum Gasteiger partial charge on any atom is 0.135 e. The van der Waals surface area contributed by atoms with Crippen LogP contribution in [0, 0.1) is 0 Å². The smallest absolute Gasteiger partial charge is 0.135 e. The summed E-state index contributed by atoms with van der Waals surface area (Å²) in [5.41, 5.74) is 6.14. The Kier molecular flexibility index (Phi) is 10.0. The predicted molar refractivity (Wildman–Crippen MR) is 180 cm³/mol. The monoisotopic (exact) mass is 562 g/mol. The maximum absolute atomic E-state index is 4.86. The topological polar surface area (TPSA) is 58.0 Å². The van der Waals surface area contributed by atoms with Gasteiger partial charge in [-0.05, 0) is 62.0 Å². The molecule has 0 radical (unpaired) electrons. The molecule has 0 fully saturated rings. The first kappa shape index (κ1) is 30.8. The van der Waals surface area contributed by atoms with Crippen LogP contribution in [0.3, 0.4) is 0 Å². The van der Waals surface area contributed by atoms with E-state index in [1.165, 1.54) is 0 Å². The lowest BCUT2D eigenvalue weighted by atomic mass is 9.92. The lowest BCUT2D eigenvalue weighted by Gasteiger charge is -2.20. The highest BCUT2D eigenvalue weighted by atomic mass is 15.4. The molecule has 6 heteroatoms. The molecule has 4 aromatic rings. The summed E-state index contributed by atoms with van der Waals surface area (Å²) in [4.78, 5) is 7.32. The molecule has 0 aliphatic rings. The van der Waals surface area contributed by atoms with Gasteiger partial charge in [0.1, 0.15) is 11.6 Å². The van der Waals surface area contributed by atoms with Crippen molar-refractivity contribution in [1.29, 1.82) is 0 Å². The summed E-state index contributed by atoms with van der Waals surface area (Å²) in [6.07, 6.45) is 8.11. The van der Waals surface area contributed by atoms with Crippen LogP contribution in [0.4, 0.5) is 11.5 Å². The minimum Gasteiger partial charge on any atom is -0.342 e. The highest BCUT2D eigenvalue weighted by Gasteiger charge is 2.21. The summed E-state index contributed by atoms with van der Waals surface area (Å²) in [7, 11) is 0. The van der Waals surface area contributed by atoms with E-state index in [1.54, 1.807) is 6.08 Å². The van der Waals surface area contributed by atoms with E-state index in [9.17, 15) is 0 Å². The molecule has 0 aliphatic heterocycles. The molecule has 0 bridgehead atoms. The Labute approximate surface area is 251 Å². The van der Waals surface area contributed by atoms with Crippen molar-refractivity contribution in [2.45, 2.75) is 66.3 Å². The molecule has 2 N–H and O–H groups in total. The number of allylic oxidation sites excluding steroid dienone is 3. The van der Waals surface area contributed by atoms with Crippen molar-refractivity contribution < 1.29 is 0 Å². The number of hydrogen-bond acceptors (Lipinski definition) is 5. The first-order chi connectivity index (χ1) is 20.2. The van der Waals surface area contributed by atoms with Crippen molar-refractivity contribution in [1.82, 2.24) is 19.7 Å². The maximum atomic E-state index is 4.86. The molecule has 0 atom stereocenters. The number of nitrogens with zero attached hydrogens (tertiary/aromatic N) is 4. The molecule has 42 heavy (non-hydrogen) atoms. The summed E-state index contributed by atoms with van der Waals surface area (Å²) in [6.45, 7) is 24.3. The van der Waals surface area contributed by atoms with E-state index in [1.807, 2.05) is 23.9 Å². The third-order valence-electron chi connectivity index (χ3n) is 7.32. The lowest BCUT2D eigenvalue weighted by molar-refractivity contribution is 0.263. The van der Waals surface area contributed by atoms with Gasteiger partial charge in [-0.25, -0.2) is 4.68 Å². The zero-order chi connectivity index (χ0) is 30.3. The molecule has 4 rings (SSSR count). The molecule has 0 spiro atoms. The van der Waals surface area contributed by atoms with Gasteiger partial charge in [0.2, 0.25) is 0 Å². The number of nitrogens with one attached hydrogen (secondary N) is 2. The van der Waals surface area contributed by atoms with Crippen molar-refractivity contribution in [2.75, 3.05) is 23.7 Å². The highest BCUT2D eigenvalue weighted by molar-refractivity contribution is 6.03. The van der Waals surface area contributed by atoms with Gasteiger partial charge in [0.15, 0.2) is 0 Å². The van der Waals surface area contributed by atoms with Crippen LogP contribution in [0.1, 0.15) is 65.8 Å². The molecule has 0 amide bonds. The minimum atomic E-state index is -0.0973. The summed E-state index contributed by atoms with van der Waals surface area (Å²) in [5, 5.41) is 14.1. The number of anilines is 2. The van der Waals surface area contributed by atoms with Gasteiger partial charge in [-0.15, -0.1) is 0 Å². The van der Waals surface area contributed by atoms with Crippen LogP contribution >= 0.6 is 0 Å². The van der Waals surface area contributed by atoms with E-state index in [0.29, 0.717) is 5.82 Å². The Hall–Kier alpha value is -4.16. The lowest BCUT2D eigenvalue weighted by Crippen LogP contribution is -2.25. The van der Waals surface area contributed by atoms with Crippen molar-refractivity contribution in [2.24, 2.45) is 0 Å². The van der Waals surface area contributed by atoms with Crippen LogP contribution in [-0.2, 0) is 12.0 Å². The van der Waals surface area contributed by atoms with Crippen LogP contribution in [0.25, 0.3) is 27.6 Å². The number of fused-ring (bicyclic) bond motifs is 1. The van der Waals surface area contributed by atoms with Crippen LogP contribution in [-0.4, -0.2) is 32.8 Å². The summed E-state index contributed by atoms with van der Waals surface area (Å²) in [5.74, 6) is 1.48. The van der Waals surface area contributed by atoms with E-state index in [0.717, 1.165) is 83.0 Å². The Morgan fingerprint density at radius 3 is 2.29 bits per heavy atom. The first-order valence-corrected chi connectivity index (χ1v) is 15.0. The number of pyridine rings is 1. The number of hydrogen-bond donors (Lipinski definition) is 2. The Morgan fingerprint density at radius 1 is 0.976 bits per heavy atom.